The van der Waals surface area contributed by atoms with Crippen LogP contribution in [0.3, 0.4) is 0 Å². The van der Waals surface area contributed by atoms with Crippen molar-refractivity contribution in [3.63, 3.8) is 0 Å². The lowest BCUT2D eigenvalue weighted by atomic mass is 10.0. The van der Waals surface area contributed by atoms with Crippen LogP contribution in [0, 0.1) is 0 Å². The smallest absolute Gasteiger partial charge is 0.248 e. The quantitative estimate of drug-likeness (QED) is 0.254. The summed E-state index contributed by atoms with van der Waals surface area (Å²) in [6, 6.07) is 19.3. The van der Waals surface area contributed by atoms with Crippen molar-refractivity contribution in [2.45, 2.75) is 6.54 Å². The number of fused-ring (bicyclic) bond motifs is 1. The second kappa shape index (κ2) is 10.2. The van der Waals surface area contributed by atoms with E-state index in [9.17, 15) is 4.79 Å². The van der Waals surface area contributed by atoms with Crippen LogP contribution in [0.1, 0.15) is 11.1 Å². The predicted octanol–water partition coefficient (Wildman–Crippen LogP) is 4.63. The van der Waals surface area contributed by atoms with E-state index in [0.29, 0.717) is 11.6 Å². The molecule has 0 radical (unpaired) electrons. The van der Waals surface area contributed by atoms with Crippen LogP contribution < -0.4 is 16.1 Å². The topological polar surface area (TPSA) is 71.3 Å². The van der Waals surface area contributed by atoms with Crippen LogP contribution in [0.2, 0.25) is 5.02 Å². The van der Waals surface area contributed by atoms with Crippen molar-refractivity contribution in [3.05, 3.63) is 99.8 Å². The summed E-state index contributed by atoms with van der Waals surface area (Å²) in [6.07, 6.45) is 5.13. The number of hydrogen-bond acceptors (Lipinski definition) is 5. The maximum Gasteiger partial charge on any atom is 0.248 e. The Kier molecular flexibility index (Phi) is 6.65. The normalized spacial score (nSPS) is 11.2. The third-order valence-electron chi connectivity index (χ3n) is 5.44. The molecule has 0 bridgehead atoms. The number of carbonyl (C=O) groups excluding carboxylic acids is 1. The van der Waals surface area contributed by atoms with Crippen LogP contribution in [-0.4, -0.2) is 28.4 Å². The molecule has 2 aromatic carbocycles. The third-order valence-corrected chi connectivity index (χ3v) is 6.47. The highest BCUT2D eigenvalue weighted by molar-refractivity contribution is 7.08. The number of hydrogen-bond donors (Lipinski definition) is 2. The molecule has 0 spiro atoms. The minimum atomic E-state index is -0.173. The zero-order valence-electron chi connectivity index (χ0n) is 18.9. The van der Waals surface area contributed by atoms with E-state index in [1.54, 1.807) is 28.1 Å². The van der Waals surface area contributed by atoms with Gasteiger partial charge in [0.05, 0.1) is 5.69 Å². The molecule has 9 heteroatoms. The second-order valence-electron chi connectivity index (χ2n) is 8.00. The van der Waals surface area contributed by atoms with Crippen molar-refractivity contribution < 1.29 is 4.79 Å². The van der Waals surface area contributed by atoms with Gasteiger partial charge in [-0.15, -0.1) is 0 Å². The molecule has 172 valence electrons. The Balaban J connectivity index is 1.35. The van der Waals surface area contributed by atoms with Crippen molar-refractivity contribution in [2.75, 3.05) is 10.6 Å². The maximum absolute atomic E-state index is 12.3. The molecule has 0 aliphatic heterocycles. The number of thiophene rings is 1. The maximum atomic E-state index is 12.3. The SMILES string of the molecule is Bc1cnn2c(NCc3cccc(NC(=O)/C=C/c4ccsc4)c3)cc(-c3ccccc3Cl)nc12. The molecule has 0 saturated carbocycles. The number of nitrogens with zero attached hydrogens (tertiary/aromatic N) is 3. The molecule has 0 atom stereocenters. The molecule has 2 N–H and O–H groups in total. The predicted molar refractivity (Wildman–Crippen MR) is 147 cm³/mol. The van der Waals surface area contributed by atoms with Gasteiger partial charge < -0.3 is 10.6 Å². The Morgan fingerprint density at radius 1 is 1.14 bits per heavy atom. The number of aromatic nitrogens is 3. The first-order valence-corrected chi connectivity index (χ1v) is 12.3. The van der Waals surface area contributed by atoms with Gasteiger partial charge in [0, 0.05) is 41.2 Å². The van der Waals surface area contributed by atoms with E-state index >= 15 is 0 Å². The van der Waals surface area contributed by atoms with E-state index in [0.717, 1.165) is 45.0 Å². The Hall–Kier alpha value is -3.88. The Morgan fingerprint density at radius 3 is 2.86 bits per heavy atom. The van der Waals surface area contributed by atoms with Gasteiger partial charge in [0.15, 0.2) is 5.65 Å². The van der Waals surface area contributed by atoms with Gasteiger partial charge in [-0.3, -0.25) is 4.79 Å². The molecule has 5 aromatic rings. The van der Waals surface area contributed by atoms with Crippen LogP contribution in [-0.2, 0) is 11.3 Å². The average molecular weight is 498 g/mol. The summed E-state index contributed by atoms with van der Waals surface area (Å²) < 4.78 is 1.79. The van der Waals surface area contributed by atoms with E-state index in [-0.39, 0.29) is 5.91 Å². The molecule has 0 aliphatic carbocycles. The van der Waals surface area contributed by atoms with E-state index in [4.69, 9.17) is 16.6 Å². The second-order valence-corrected chi connectivity index (χ2v) is 9.19. The first kappa shape index (κ1) is 22.9. The number of halogens is 1. The molecule has 0 saturated heterocycles. The number of carbonyl (C=O) groups is 1. The lowest BCUT2D eigenvalue weighted by molar-refractivity contribution is -0.111. The van der Waals surface area contributed by atoms with E-state index in [2.05, 4.69) is 15.7 Å². The molecule has 5 rings (SSSR count). The van der Waals surface area contributed by atoms with Crippen molar-refractivity contribution >= 4 is 65.4 Å². The molecule has 0 unspecified atom stereocenters. The first-order valence-electron chi connectivity index (χ1n) is 11.0. The first-order chi connectivity index (χ1) is 17.1. The summed E-state index contributed by atoms with van der Waals surface area (Å²) in [6.45, 7) is 0.536. The summed E-state index contributed by atoms with van der Waals surface area (Å²) >= 11 is 8.03. The van der Waals surface area contributed by atoms with Crippen LogP contribution in [0.25, 0.3) is 23.0 Å². The van der Waals surface area contributed by atoms with E-state index in [1.165, 1.54) is 6.08 Å². The van der Waals surface area contributed by atoms with E-state index in [1.807, 2.05) is 79.3 Å². The van der Waals surface area contributed by atoms with Crippen molar-refractivity contribution in [3.8, 4) is 11.3 Å². The van der Waals surface area contributed by atoms with E-state index < -0.39 is 0 Å². The number of rotatable bonds is 7. The van der Waals surface area contributed by atoms with Gasteiger partial charge >= 0.3 is 0 Å². The number of benzene rings is 2. The highest BCUT2D eigenvalue weighted by Gasteiger charge is 2.12. The van der Waals surface area contributed by atoms with Gasteiger partial charge in [0.25, 0.3) is 0 Å². The third kappa shape index (κ3) is 5.29. The minimum absolute atomic E-state index is 0.173. The lowest BCUT2D eigenvalue weighted by Gasteiger charge is -2.12. The van der Waals surface area contributed by atoms with Gasteiger partial charge in [-0.1, -0.05) is 41.9 Å². The van der Waals surface area contributed by atoms with Crippen molar-refractivity contribution in [2.24, 2.45) is 0 Å². The lowest BCUT2D eigenvalue weighted by Crippen LogP contribution is -2.10. The Labute approximate surface area is 212 Å². The highest BCUT2D eigenvalue weighted by Crippen LogP contribution is 2.28. The molecule has 35 heavy (non-hydrogen) atoms. The molecule has 0 aliphatic rings. The molecule has 6 nitrogen and oxygen atoms in total. The van der Waals surface area contributed by atoms with Crippen LogP contribution in [0.15, 0.2) is 83.7 Å². The largest absolute Gasteiger partial charge is 0.366 e. The average Bonchev–Trinajstić information content (AvgIpc) is 3.52. The Morgan fingerprint density at radius 2 is 2.03 bits per heavy atom. The number of anilines is 2. The summed E-state index contributed by atoms with van der Waals surface area (Å²) in [4.78, 5) is 17.1. The summed E-state index contributed by atoms with van der Waals surface area (Å²) in [7, 11) is 1.98. The fourth-order valence-corrected chi connectivity index (χ4v) is 4.54. The molecular formula is C26H21BClN5OS. The van der Waals surface area contributed by atoms with Gasteiger partial charge in [-0.2, -0.15) is 21.0 Å². The van der Waals surface area contributed by atoms with Gasteiger partial charge in [-0.05, 0) is 57.7 Å². The van der Waals surface area contributed by atoms with Gasteiger partial charge in [-0.25, -0.2) is 4.98 Å². The molecule has 3 heterocycles. The molecule has 1 amide bonds. The van der Waals surface area contributed by atoms with Gasteiger partial charge in [0.1, 0.15) is 13.7 Å². The van der Waals surface area contributed by atoms with Gasteiger partial charge in [0.2, 0.25) is 5.91 Å². The fraction of sp³-hybridized carbons (Fsp3) is 0.0385. The highest BCUT2D eigenvalue weighted by atomic mass is 35.5. The van der Waals surface area contributed by atoms with Crippen molar-refractivity contribution in [1.29, 1.82) is 0 Å². The summed E-state index contributed by atoms with van der Waals surface area (Å²) in [5.41, 5.74) is 6.13. The number of amides is 1. The number of nitrogens with one attached hydrogen (secondary N) is 2. The Bertz CT molecular complexity index is 1530. The molecule has 3 aromatic heterocycles. The zero-order chi connectivity index (χ0) is 24.2. The van der Waals surface area contributed by atoms with Crippen LogP contribution >= 0.6 is 22.9 Å². The fourth-order valence-electron chi connectivity index (χ4n) is 3.68. The van der Waals surface area contributed by atoms with Crippen LogP contribution in [0.4, 0.5) is 11.5 Å². The molecule has 0 fully saturated rings. The monoisotopic (exact) mass is 497 g/mol. The van der Waals surface area contributed by atoms with Crippen LogP contribution in [0.5, 0.6) is 0 Å². The summed E-state index contributed by atoms with van der Waals surface area (Å²) in [5.74, 6) is 0.625. The zero-order valence-corrected chi connectivity index (χ0v) is 20.5. The molecular weight excluding hydrogens is 477 g/mol. The van der Waals surface area contributed by atoms with Crippen molar-refractivity contribution in [1.82, 2.24) is 14.6 Å². The standard InChI is InChI=1S/C26H21BClN5OS/c27-21-15-30-33-24(13-23(32-26(21)33)20-6-1-2-7-22(20)28)29-14-18-4-3-5-19(12-18)31-25(34)9-8-17-10-11-35-16-17/h1-13,15-16,29H,14,27H2,(H,31,34)/b9-8+. The minimum Gasteiger partial charge on any atom is -0.366 e. The summed E-state index contributed by atoms with van der Waals surface area (Å²) in [5, 5.41) is 15.5.